The number of thiazole rings is 1. The summed E-state index contributed by atoms with van der Waals surface area (Å²) in [6.07, 6.45) is 0.775. The van der Waals surface area contributed by atoms with Gasteiger partial charge in [-0.1, -0.05) is 42.5 Å². The van der Waals surface area contributed by atoms with Crippen LogP contribution in [-0.2, 0) is 11.2 Å². The molecule has 0 spiro atoms. The van der Waals surface area contributed by atoms with Gasteiger partial charge in [-0.2, -0.15) is 0 Å². The molecule has 5 nitrogen and oxygen atoms in total. The minimum absolute atomic E-state index is 0.103. The summed E-state index contributed by atoms with van der Waals surface area (Å²) in [6, 6.07) is 23.6. The van der Waals surface area contributed by atoms with Gasteiger partial charge in [0.1, 0.15) is 5.75 Å². The highest BCUT2D eigenvalue weighted by atomic mass is 32.1. The van der Waals surface area contributed by atoms with Crippen LogP contribution in [-0.4, -0.2) is 22.6 Å². The van der Waals surface area contributed by atoms with E-state index in [9.17, 15) is 4.79 Å². The highest BCUT2D eigenvalue weighted by Crippen LogP contribution is 2.24. The topological polar surface area (TPSA) is 63.2 Å². The average Bonchev–Trinajstić information content (AvgIpc) is 3.17. The van der Waals surface area contributed by atoms with E-state index < -0.39 is 0 Å². The van der Waals surface area contributed by atoms with E-state index in [2.05, 4.69) is 21.7 Å². The summed E-state index contributed by atoms with van der Waals surface area (Å²) in [5.74, 6) is 0.369. The number of amides is 1. The Kier molecular flexibility index (Phi) is 6.54. The molecule has 1 aromatic heterocycles. The van der Waals surface area contributed by atoms with Gasteiger partial charge in [0.25, 0.3) is 5.91 Å². The van der Waals surface area contributed by atoms with Crippen molar-refractivity contribution in [1.82, 2.24) is 10.3 Å². The van der Waals surface area contributed by atoms with Gasteiger partial charge in [0, 0.05) is 12.1 Å². The molecule has 0 fully saturated rings. The fraction of sp³-hybridized carbons (Fsp3) is 0.125. The van der Waals surface area contributed by atoms with Crippen molar-refractivity contribution in [2.75, 3.05) is 11.9 Å². The molecule has 31 heavy (non-hydrogen) atoms. The SMILES string of the molecule is Cc1ccccc1OCC(=O)NC(=S)Nc1ccc(Cc2nc3ccccc3s2)cc1. The number of hydrogen-bond donors (Lipinski definition) is 2. The van der Waals surface area contributed by atoms with Crippen LogP contribution >= 0.6 is 23.6 Å². The molecule has 0 aliphatic rings. The Hall–Kier alpha value is -3.29. The number of nitrogens with zero attached hydrogens (tertiary/aromatic N) is 1. The molecule has 4 rings (SSSR count). The van der Waals surface area contributed by atoms with Gasteiger partial charge in [-0.15, -0.1) is 11.3 Å². The van der Waals surface area contributed by atoms with Crippen LogP contribution in [0.4, 0.5) is 5.69 Å². The second-order valence-corrected chi connectivity index (χ2v) is 8.53. The van der Waals surface area contributed by atoms with Gasteiger partial charge in [0.2, 0.25) is 0 Å². The first-order valence-electron chi connectivity index (χ1n) is 9.79. The number of carbonyl (C=O) groups is 1. The second kappa shape index (κ2) is 9.68. The lowest BCUT2D eigenvalue weighted by Gasteiger charge is -2.11. The molecule has 0 saturated carbocycles. The number of fused-ring (bicyclic) bond motifs is 1. The van der Waals surface area contributed by atoms with E-state index in [0.717, 1.165) is 33.8 Å². The zero-order chi connectivity index (χ0) is 21.6. The lowest BCUT2D eigenvalue weighted by molar-refractivity contribution is -0.121. The second-order valence-electron chi connectivity index (χ2n) is 7.01. The van der Waals surface area contributed by atoms with Crippen molar-refractivity contribution in [2.24, 2.45) is 0 Å². The van der Waals surface area contributed by atoms with E-state index in [0.29, 0.717) is 5.75 Å². The summed E-state index contributed by atoms with van der Waals surface area (Å²) in [6.45, 7) is 1.83. The molecule has 156 valence electrons. The van der Waals surface area contributed by atoms with Gasteiger partial charge in [-0.25, -0.2) is 4.98 Å². The van der Waals surface area contributed by atoms with E-state index in [1.165, 1.54) is 4.70 Å². The quantitative estimate of drug-likeness (QED) is 0.403. The number of para-hydroxylation sites is 2. The number of aromatic nitrogens is 1. The largest absolute Gasteiger partial charge is 0.483 e. The lowest BCUT2D eigenvalue weighted by atomic mass is 10.1. The Balaban J connectivity index is 1.27. The van der Waals surface area contributed by atoms with Crippen LogP contribution in [0.25, 0.3) is 10.2 Å². The van der Waals surface area contributed by atoms with E-state index >= 15 is 0 Å². The number of ether oxygens (including phenoxy) is 1. The summed E-state index contributed by atoms with van der Waals surface area (Å²) in [7, 11) is 0. The Bertz CT molecular complexity index is 1190. The third-order valence-corrected chi connectivity index (χ3v) is 5.85. The molecule has 2 N–H and O–H groups in total. The van der Waals surface area contributed by atoms with Crippen LogP contribution in [0.1, 0.15) is 16.1 Å². The van der Waals surface area contributed by atoms with E-state index in [4.69, 9.17) is 17.0 Å². The first-order chi connectivity index (χ1) is 15.1. The van der Waals surface area contributed by atoms with Gasteiger partial charge in [0.05, 0.1) is 15.2 Å². The molecule has 0 atom stereocenters. The average molecular weight is 448 g/mol. The fourth-order valence-electron chi connectivity index (χ4n) is 3.06. The zero-order valence-corrected chi connectivity index (χ0v) is 18.6. The van der Waals surface area contributed by atoms with Crippen LogP contribution in [0.2, 0.25) is 0 Å². The van der Waals surface area contributed by atoms with Crippen LogP contribution in [0.15, 0.2) is 72.8 Å². The third-order valence-electron chi connectivity index (χ3n) is 4.61. The third kappa shape index (κ3) is 5.65. The van der Waals surface area contributed by atoms with Gasteiger partial charge >= 0.3 is 0 Å². The van der Waals surface area contributed by atoms with Crippen molar-refractivity contribution in [3.05, 3.63) is 88.9 Å². The van der Waals surface area contributed by atoms with Crippen molar-refractivity contribution in [1.29, 1.82) is 0 Å². The summed E-state index contributed by atoms with van der Waals surface area (Å²) >= 11 is 6.95. The molecule has 0 unspecified atom stereocenters. The predicted octanol–water partition coefficient (Wildman–Crippen LogP) is 5.09. The van der Waals surface area contributed by atoms with E-state index in [1.807, 2.05) is 73.7 Å². The van der Waals surface area contributed by atoms with Crippen LogP contribution in [0.3, 0.4) is 0 Å². The van der Waals surface area contributed by atoms with Gasteiger partial charge < -0.3 is 10.1 Å². The van der Waals surface area contributed by atoms with Gasteiger partial charge in [0.15, 0.2) is 11.7 Å². The zero-order valence-electron chi connectivity index (χ0n) is 16.9. The minimum atomic E-state index is -0.312. The molecular weight excluding hydrogens is 426 g/mol. The highest BCUT2D eigenvalue weighted by molar-refractivity contribution is 7.80. The number of hydrogen-bond acceptors (Lipinski definition) is 5. The Morgan fingerprint density at radius 3 is 2.55 bits per heavy atom. The molecule has 0 saturated heterocycles. The molecule has 0 aliphatic carbocycles. The number of thiocarbonyl (C=S) groups is 1. The molecular formula is C24H21N3O2S2. The van der Waals surface area contributed by atoms with E-state index in [1.54, 1.807) is 11.3 Å². The molecule has 3 aromatic carbocycles. The minimum Gasteiger partial charge on any atom is -0.483 e. The number of benzene rings is 3. The summed E-state index contributed by atoms with van der Waals surface area (Å²) in [5, 5.41) is 6.98. The summed E-state index contributed by atoms with van der Waals surface area (Å²) < 4.78 is 6.74. The predicted molar refractivity (Wildman–Crippen MR) is 130 cm³/mol. The fourth-order valence-corrected chi connectivity index (χ4v) is 4.30. The van der Waals surface area contributed by atoms with Crippen LogP contribution in [0, 0.1) is 6.92 Å². The molecule has 4 aromatic rings. The maximum Gasteiger partial charge on any atom is 0.264 e. The number of anilines is 1. The Morgan fingerprint density at radius 1 is 1.03 bits per heavy atom. The number of aryl methyl sites for hydroxylation is 1. The standard InChI is InChI=1S/C24H21N3O2S2/c1-16-6-2-4-8-20(16)29-15-22(28)27-24(30)25-18-12-10-17(11-13-18)14-23-26-19-7-3-5-9-21(19)31-23/h2-13H,14-15H2,1H3,(H2,25,27,28,30). The van der Waals surface area contributed by atoms with Crippen molar-refractivity contribution in [3.63, 3.8) is 0 Å². The normalized spacial score (nSPS) is 10.6. The lowest BCUT2D eigenvalue weighted by Crippen LogP contribution is -2.37. The molecule has 0 bridgehead atoms. The number of rotatable bonds is 6. The molecule has 1 amide bonds. The summed E-state index contributed by atoms with van der Waals surface area (Å²) in [4.78, 5) is 16.8. The Morgan fingerprint density at radius 2 is 1.77 bits per heavy atom. The first-order valence-corrected chi connectivity index (χ1v) is 11.0. The smallest absolute Gasteiger partial charge is 0.264 e. The monoisotopic (exact) mass is 447 g/mol. The number of carbonyl (C=O) groups excluding carboxylic acids is 1. The maximum absolute atomic E-state index is 12.1. The van der Waals surface area contributed by atoms with Crippen molar-refractivity contribution < 1.29 is 9.53 Å². The molecule has 7 heteroatoms. The van der Waals surface area contributed by atoms with Crippen molar-refractivity contribution in [3.8, 4) is 5.75 Å². The van der Waals surface area contributed by atoms with Crippen molar-refractivity contribution in [2.45, 2.75) is 13.3 Å². The molecule has 1 heterocycles. The Labute approximate surface area is 190 Å². The number of nitrogens with one attached hydrogen (secondary N) is 2. The van der Waals surface area contributed by atoms with Crippen LogP contribution in [0.5, 0.6) is 5.75 Å². The highest BCUT2D eigenvalue weighted by Gasteiger charge is 2.08. The first kappa shape index (κ1) is 21.0. The van der Waals surface area contributed by atoms with Crippen molar-refractivity contribution >= 4 is 50.5 Å². The summed E-state index contributed by atoms with van der Waals surface area (Å²) in [5.41, 5.74) is 3.97. The van der Waals surface area contributed by atoms with Gasteiger partial charge in [-0.05, 0) is 60.6 Å². The molecule has 0 aliphatic heterocycles. The maximum atomic E-state index is 12.1. The van der Waals surface area contributed by atoms with Gasteiger partial charge in [-0.3, -0.25) is 10.1 Å². The van der Waals surface area contributed by atoms with E-state index in [-0.39, 0.29) is 17.6 Å². The molecule has 0 radical (unpaired) electrons. The van der Waals surface area contributed by atoms with Crippen LogP contribution < -0.4 is 15.4 Å².